The third kappa shape index (κ3) is 3.50. The Bertz CT molecular complexity index is 1380. The zero-order chi connectivity index (χ0) is 21.4. The van der Waals surface area contributed by atoms with Crippen LogP contribution in [-0.4, -0.2) is 19.6 Å². The monoisotopic (exact) mass is 466 g/mol. The van der Waals surface area contributed by atoms with E-state index in [1.807, 2.05) is 19.1 Å². The van der Waals surface area contributed by atoms with Crippen molar-refractivity contribution in [2.75, 3.05) is 5.32 Å². The van der Waals surface area contributed by atoms with Gasteiger partial charge in [-0.3, -0.25) is 14.2 Å². The molecule has 0 radical (unpaired) electrons. The Morgan fingerprint density at radius 2 is 1.77 bits per heavy atom. The lowest BCUT2D eigenvalue weighted by atomic mass is 10.3. The lowest BCUT2D eigenvalue weighted by Crippen LogP contribution is -2.41. The second-order valence-corrected chi connectivity index (χ2v) is 7.90. The van der Waals surface area contributed by atoms with Crippen molar-refractivity contribution in [3.63, 3.8) is 0 Å². The van der Waals surface area contributed by atoms with Crippen molar-refractivity contribution in [3.8, 4) is 5.69 Å². The molecule has 0 atom stereocenters. The lowest BCUT2D eigenvalue weighted by Gasteiger charge is -2.13. The highest BCUT2D eigenvalue weighted by Crippen LogP contribution is 2.17. The van der Waals surface area contributed by atoms with Crippen molar-refractivity contribution in [1.29, 1.82) is 0 Å². The number of aromatic nitrogens is 3. The van der Waals surface area contributed by atoms with Gasteiger partial charge in [0, 0.05) is 22.9 Å². The van der Waals surface area contributed by atoms with Gasteiger partial charge in [-0.15, -0.1) is 0 Å². The Hall–Kier alpha value is -3.39. The van der Waals surface area contributed by atoms with E-state index in [9.17, 15) is 14.4 Å². The molecule has 0 aliphatic rings. The zero-order valence-electron chi connectivity index (χ0n) is 16.4. The highest BCUT2D eigenvalue weighted by Gasteiger charge is 2.20. The van der Waals surface area contributed by atoms with Crippen molar-refractivity contribution in [1.82, 2.24) is 13.7 Å². The summed E-state index contributed by atoms with van der Waals surface area (Å²) in [6.07, 6.45) is 0. The van der Waals surface area contributed by atoms with Crippen LogP contribution in [0.5, 0.6) is 0 Å². The predicted molar refractivity (Wildman–Crippen MR) is 120 cm³/mol. The van der Waals surface area contributed by atoms with Crippen molar-refractivity contribution in [2.45, 2.75) is 13.5 Å². The molecule has 4 aromatic rings. The van der Waals surface area contributed by atoms with E-state index in [2.05, 4.69) is 21.2 Å². The summed E-state index contributed by atoms with van der Waals surface area (Å²) >= 11 is 3.37. The summed E-state index contributed by atoms with van der Waals surface area (Å²) in [5.74, 6) is -0.365. The fourth-order valence-electron chi connectivity index (χ4n) is 3.45. The Morgan fingerprint density at radius 1 is 1.03 bits per heavy atom. The summed E-state index contributed by atoms with van der Waals surface area (Å²) in [6.45, 7) is 1.63. The molecule has 0 unspecified atom stereocenters. The summed E-state index contributed by atoms with van der Waals surface area (Å²) in [5, 5.41) is 2.80. The molecule has 0 aliphatic carbocycles. The number of benzene rings is 2. The van der Waals surface area contributed by atoms with Crippen LogP contribution in [0.15, 0.2) is 74.7 Å². The Labute approximate surface area is 180 Å². The van der Waals surface area contributed by atoms with E-state index in [0.29, 0.717) is 22.4 Å². The normalized spacial score (nSPS) is 11.0. The van der Waals surface area contributed by atoms with E-state index in [1.165, 1.54) is 4.57 Å². The van der Waals surface area contributed by atoms with Gasteiger partial charge in [-0.25, -0.2) is 9.36 Å². The van der Waals surface area contributed by atoms with Gasteiger partial charge in [0.15, 0.2) is 0 Å². The number of anilines is 1. The summed E-state index contributed by atoms with van der Waals surface area (Å²) in [5.41, 5.74) is 1.70. The number of hydrogen-bond acceptors (Lipinski definition) is 3. The molecule has 30 heavy (non-hydrogen) atoms. The molecule has 152 valence electrons. The van der Waals surface area contributed by atoms with E-state index >= 15 is 0 Å². The number of halogens is 1. The van der Waals surface area contributed by atoms with Crippen LogP contribution in [-0.2, 0) is 18.4 Å². The first-order valence-electron chi connectivity index (χ1n) is 9.29. The summed E-state index contributed by atoms with van der Waals surface area (Å²) in [4.78, 5) is 39.2. The number of fused-ring (bicyclic) bond motifs is 1. The van der Waals surface area contributed by atoms with Gasteiger partial charge in [0.1, 0.15) is 12.1 Å². The molecular weight excluding hydrogens is 448 g/mol. The second-order valence-electron chi connectivity index (χ2n) is 6.98. The van der Waals surface area contributed by atoms with Crippen molar-refractivity contribution in [2.24, 2.45) is 7.05 Å². The average molecular weight is 467 g/mol. The molecule has 8 heteroatoms. The molecule has 1 amide bonds. The Balaban J connectivity index is 1.87. The van der Waals surface area contributed by atoms with Crippen LogP contribution in [0.25, 0.3) is 16.7 Å². The van der Waals surface area contributed by atoms with Crippen LogP contribution in [0.2, 0.25) is 0 Å². The average Bonchev–Trinajstić information content (AvgIpc) is 3.01. The third-order valence-electron chi connectivity index (χ3n) is 5.00. The Kier molecular flexibility index (Phi) is 5.17. The van der Waals surface area contributed by atoms with Crippen LogP contribution in [0.3, 0.4) is 0 Å². The molecule has 2 heterocycles. The first kappa shape index (κ1) is 19.9. The molecule has 2 aromatic carbocycles. The molecule has 0 saturated carbocycles. The van der Waals surface area contributed by atoms with Crippen molar-refractivity contribution >= 4 is 38.6 Å². The maximum atomic E-state index is 13.3. The molecule has 2 aromatic heterocycles. The van der Waals surface area contributed by atoms with Crippen LogP contribution in [0.4, 0.5) is 5.69 Å². The van der Waals surface area contributed by atoms with Gasteiger partial charge >= 0.3 is 5.69 Å². The zero-order valence-corrected chi connectivity index (χ0v) is 18.0. The minimum absolute atomic E-state index is 0.224. The van der Waals surface area contributed by atoms with Gasteiger partial charge < -0.3 is 9.88 Å². The number of nitrogens with one attached hydrogen (secondary N) is 1. The van der Waals surface area contributed by atoms with Crippen LogP contribution >= 0.6 is 15.9 Å². The quantitative estimate of drug-likeness (QED) is 0.501. The largest absolute Gasteiger partial charge is 0.342 e. The summed E-state index contributed by atoms with van der Waals surface area (Å²) in [7, 11) is 1.77. The van der Waals surface area contributed by atoms with Gasteiger partial charge in [-0.2, -0.15) is 0 Å². The smallest absolute Gasteiger partial charge is 0.336 e. The van der Waals surface area contributed by atoms with Crippen LogP contribution in [0, 0.1) is 6.92 Å². The number of para-hydroxylation sites is 1. The van der Waals surface area contributed by atoms with E-state index in [4.69, 9.17) is 0 Å². The molecule has 0 aliphatic heterocycles. The second kappa shape index (κ2) is 7.79. The van der Waals surface area contributed by atoms with Crippen LogP contribution in [0.1, 0.15) is 5.69 Å². The van der Waals surface area contributed by atoms with Crippen molar-refractivity contribution < 1.29 is 4.79 Å². The minimum atomic E-state index is -0.561. The maximum Gasteiger partial charge on any atom is 0.336 e. The number of amides is 1. The highest BCUT2D eigenvalue weighted by molar-refractivity contribution is 9.10. The molecule has 0 spiro atoms. The molecule has 0 fully saturated rings. The molecule has 0 saturated heterocycles. The van der Waals surface area contributed by atoms with E-state index in [-0.39, 0.29) is 12.5 Å². The topological polar surface area (TPSA) is 78.0 Å². The number of aryl methyl sites for hydroxylation is 2. The van der Waals surface area contributed by atoms with Crippen molar-refractivity contribution in [3.05, 3.63) is 91.7 Å². The van der Waals surface area contributed by atoms with E-state index < -0.39 is 11.2 Å². The van der Waals surface area contributed by atoms with Gasteiger partial charge in [0.2, 0.25) is 5.91 Å². The number of nitrogens with zero attached hydrogens (tertiary/aromatic N) is 3. The summed E-state index contributed by atoms with van der Waals surface area (Å²) < 4.78 is 5.01. The first-order chi connectivity index (χ1) is 14.4. The van der Waals surface area contributed by atoms with Gasteiger partial charge in [-0.1, -0.05) is 40.2 Å². The lowest BCUT2D eigenvalue weighted by molar-refractivity contribution is -0.116. The molecular formula is C22H19BrN4O3. The Morgan fingerprint density at radius 3 is 2.47 bits per heavy atom. The van der Waals surface area contributed by atoms with E-state index in [1.54, 1.807) is 60.1 Å². The number of carbonyl (C=O) groups is 1. The fourth-order valence-corrected chi connectivity index (χ4v) is 3.85. The standard InChI is InChI=1S/C22H19BrN4O3/c1-14-11-18-20(25(14)2)21(29)27(17-9-4-3-5-10-17)22(30)26(18)13-19(28)24-16-8-6-7-15(23)12-16/h3-12H,13H2,1-2H3,(H,24,28). The fraction of sp³-hybridized carbons (Fsp3) is 0.136. The minimum Gasteiger partial charge on any atom is -0.342 e. The molecule has 7 nitrogen and oxygen atoms in total. The van der Waals surface area contributed by atoms with E-state index in [0.717, 1.165) is 14.7 Å². The molecule has 1 N–H and O–H groups in total. The SMILES string of the molecule is Cc1cc2c(c(=O)n(-c3ccccc3)c(=O)n2CC(=O)Nc2cccc(Br)c2)n1C. The predicted octanol–water partition coefficient (Wildman–Crippen LogP) is 3.20. The molecule has 4 rings (SSSR count). The van der Waals surface area contributed by atoms with Crippen LogP contribution < -0.4 is 16.6 Å². The summed E-state index contributed by atoms with van der Waals surface area (Å²) in [6, 6.07) is 17.6. The van der Waals surface area contributed by atoms with Gasteiger partial charge in [0.25, 0.3) is 5.56 Å². The first-order valence-corrected chi connectivity index (χ1v) is 10.1. The third-order valence-corrected chi connectivity index (χ3v) is 5.49. The number of hydrogen-bond donors (Lipinski definition) is 1. The van der Waals surface area contributed by atoms with Gasteiger partial charge in [0.05, 0.1) is 11.2 Å². The molecule has 0 bridgehead atoms. The number of carbonyl (C=O) groups excluding carboxylic acids is 1. The maximum absolute atomic E-state index is 13.3. The number of rotatable bonds is 4. The van der Waals surface area contributed by atoms with Gasteiger partial charge in [-0.05, 0) is 43.3 Å². The highest BCUT2D eigenvalue weighted by atomic mass is 79.9.